The molecular formula is C22H44IN5. The van der Waals surface area contributed by atoms with Gasteiger partial charge >= 0.3 is 0 Å². The van der Waals surface area contributed by atoms with Crippen LogP contribution in [0.3, 0.4) is 0 Å². The Morgan fingerprint density at radius 1 is 1.14 bits per heavy atom. The third-order valence-corrected chi connectivity index (χ3v) is 5.35. The van der Waals surface area contributed by atoms with Crippen LogP contribution in [0.15, 0.2) is 30.3 Å². The van der Waals surface area contributed by atoms with Gasteiger partial charge in [0.25, 0.3) is 0 Å². The van der Waals surface area contributed by atoms with Crippen molar-refractivity contribution in [2.45, 2.75) is 65.6 Å². The lowest BCUT2D eigenvalue weighted by atomic mass is 10.0. The molecular weight excluding hydrogens is 461 g/mol. The molecule has 1 aliphatic rings. The number of piperidine rings is 1. The van der Waals surface area contributed by atoms with Crippen LogP contribution in [0.1, 0.15) is 47.5 Å². The average Bonchev–Trinajstić information content (AvgIpc) is 2.62. The average molecular weight is 506 g/mol. The van der Waals surface area contributed by atoms with Crippen molar-refractivity contribution in [1.29, 1.82) is 0 Å². The van der Waals surface area contributed by atoms with Gasteiger partial charge in [-0.3, -0.25) is 9.89 Å². The van der Waals surface area contributed by atoms with Crippen molar-refractivity contribution >= 4 is 29.9 Å². The Morgan fingerprint density at radius 2 is 1.71 bits per heavy atom. The smallest absolute Gasteiger partial charge is 0.191 e. The minimum absolute atomic E-state index is 0. The summed E-state index contributed by atoms with van der Waals surface area (Å²) < 4.78 is 0. The van der Waals surface area contributed by atoms with E-state index in [1.54, 1.807) is 0 Å². The van der Waals surface area contributed by atoms with Gasteiger partial charge in [0.05, 0.1) is 6.54 Å². The minimum atomic E-state index is 0. The summed E-state index contributed by atoms with van der Waals surface area (Å²) in [6.07, 6.45) is 6.29. The van der Waals surface area contributed by atoms with Crippen LogP contribution in [-0.2, 0) is 0 Å². The Balaban J connectivity index is 0.00000729. The number of likely N-dealkylation sites (tertiary alicyclic amines) is 1. The predicted octanol–water partition coefficient (Wildman–Crippen LogP) is 3.73. The second-order valence-electron chi connectivity index (χ2n) is 8.11. The Labute approximate surface area is 191 Å². The van der Waals surface area contributed by atoms with Crippen molar-refractivity contribution in [2.75, 3.05) is 39.3 Å². The van der Waals surface area contributed by atoms with Gasteiger partial charge in [0, 0.05) is 50.8 Å². The number of nitrogens with one attached hydrogen (secondary N) is 2. The number of nitrogens with zero attached hydrogens (tertiary/aromatic N) is 3. The summed E-state index contributed by atoms with van der Waals surface area (Å²) in [5.41, 5.74) is 0. The van der Waals surface area contributed by atoms with E-state index < -0.39 is 0 Å². The van der Waals surface area contributed by atoms with E-state index in [1.807, 2.05) is 12.2 Å². The van der Waals surface area contributed by atoms with E-state index in [4.69, 9.17) is 4.99 Å². The molecule has 0 bridgehead atoms. The highest BCUT2D eigenvalue weighted by Gasteiger charge is 2.23. The topological polar surface area (TPSA) is 42.9 Å². The number of rotatable bonds is 11. The van der Waals surface area contributed by atoms with E-state index in [1.165, 1.54) is 12.8 Å². The van der Waals surface area contributed by atoms with Gasteiger partial charge in [0.1, 0.15) is 0 Å². The molecule has 1 heterocycles. The summed E-state index contributed by atoms with van der Waals surface area (Å²) in [5.74, 6) is 1.47. The van der Waals surface area contributed by atoms with Crippen LogP contribution in [-0.4, -0.2) is 73.2 Å². The fraction of sp³-hybridized carbons (Fsp3) is 0.773. The van der Waals surface area contributed by atoms with Gasteiger partial charge < -0.3 is 15.5 Å². The largest absolute Gasteiger partial charge is 0.357 e. The quantitative estimate of drug-likeness (QED) is 0.194. The molecule has 2 N–H and O–H groups in total. The number of hydrogen-bond acceptors (Lipinski definition) is 3. The second-order valence-corrected chi connectivity index (χ2v) is 8.11. The van der Waals surface area contributed by atoms with E-state index in [0.29, 0.717) is 24.0 Å². The lowest BCUT2D eigenvalue weighted by Gasteiger charge is -2.35. The zero-order valence-corrected chi connectivity index (χ0v) is 21.1. The molecule has 0 aromatic carbocycles. The SMILES string of the molecule is C=CCN(CC=C)C(CN=C(NCC)NC1CCN(C(C)C)CC1)C(C)C.I. The summed E-state index contributed by atoms with van der Waals surface area (Å²) in [4.78, 5) is 9.90. The van der Waals surface area contributed by atoms with Crippen molar-refractivity contribution in [1.82, 2.24) is 20.4 Å². The Morgan fingerprint density at radius 3 is 2.14 bits per heavy atom. The van der Waals surface area contributed by atoms with Gasteiger partial charge in [-0.1, -0.05) is 26.0 Å². The number of guanidine groups is 1. The van der Waals surface area contributed by atoms with Crippen molar-refractivity contribution in [2.24, 2.45) is 10.9 Å². The van der Waals surface area contributed by atoms with Crippen LogP contribution in [0.2, 0.25) is 0 Å². The fourth-order valence-corrected chi connectivity index (χ4v) is 3.68. The maximum atomic E-state index is 4.94. The summed E-state index contributed by atoms with van der Waals surface area (Å²) in [5, 5.41) is 7.09. The van der Waals surface area contributed by atoms with Crippen LogP contribution in [0.5, 0.6) is 0 Å². The summed E-state index contributed by atoms with van der Waals surface area (Å²) in [6, 6.07) is 1.52. The Bertz CT molecular complexity index is 446. The molecule has 164 valence electrons. The highest BCUT2D eigenvalue weighted by molar-refractivity contribution is 14.0. The van der Waals surface area contributed by atoms with Crippen LogP contribution < -0.4 is 10.6 Å². The second kappa shape index (κ2) is 15.3. The first-order valence-electron chi connectivity index (χ1n) is 10.7. The van der Waals surface area contributed by atoms with Gasteiger partial charge in [0.15, 0.2) is 5.96 Å². The lowest BCUT2D eigenvalue weighted by Crippen LogP contribution is -2.50. The van der Waals surface area contributed by atoms with Crippen molar-refractivity contribution < 1.29 is 0 Å². The van der Waals surface area contributed by atoms with Crippen LogP contribution >= 0.6 is 24.0 Å². The Kier molecular flexibility index (Phi) is 14.9. The highest BCUT2D eigenvalue weighted by Crippen LogP contribution is 2.14. The van der Waals surface area contributed by atoms with E-state index in [-0.39, 0.29) is 24.0 Å². The monoisotopic (exact) mass is 505 g/mol. The molecule has 1 unspecified atom stereocenters. The zero-order valence-electron chi connectivity index (χ0n) is 18.8. The molecule has 6 heteroatoms. The molecule has 1 rings (SSSR count). The number of hydrogen-bond donors (Lipinski definition) is 2. The number of aliphatic imine (C=N–C) groups is 1. The first kappa shape index (κ1) is 27.4. The van der Waals surface area contributed by atoms with E-state index in [0.717, 1.165) is 45.2 Å². The minimum Gasteiger partial charge on any atom is -0.357 e. The molecule has 5 nitrogen and oxygen atoms in total. The molecule has 1 saturated heterocycles. The van der Waals surface area contributed by atoms with Crippen molar-refractivity contribution in [3.8, 4) is 0 Å². The molecule has 0 amide bonds. The van der Waals surface area contributed by atoms with Gasteiger partial charge in [0.2, 0.25) is 0 Å². The van der Waals surface area contributed by atoms with Crippen LogP contribution in [0.4, 0.5) is 0 Å². The summed E-state index contributed by atoms with van der Waals surface area (Å²) >= 11 is 0. The standard InChI is InChI=1S/C22H43N5.HI/c1-8-13-27(14-9-2)21(18(4)5)17-24-22(23-10-3)25-20-11-15-26(16-12-20)19(6)7;/h8-9,18-21H,1-2,10-17H2,3-7H3,(H2,23,24,25);1H. The molecule has 0 aromatic rings. The molecule has 1 fully saturated rings. The molecule has 0 spiro atoms. The van der Waals surface area contributed by atoms with E-state index in [9.17, 15) is 0 Å². The molecule has 28 heavy (non-hydrogen) atoms. The fourth-order valence-electron chi connectivity index (χ4n) is 3.68. The molecule has 0 saturated carbocycles. The maximum Gasteiger partial charge on any atom is 0.191 e. The van der Waals surface area contributed by atoms with E-state index >= 15 is 0 Å². The molecule has 0 radical (unpaired) electrons. The highest BCUT2D eigenvalue weighted by atomic mass is 127. The van der Waals surface area contributed by atoms with Crippen LogP contribution in [0, 0.1) is 5.92 Å². The molecule has 1 atom stereocenters. The molecule has 0 aromatic heterocycles. The first-order valence-corrected chi connectivity index (χ1v) is 10.7. The molecule has 1 aliphatic heterocycles. The van der Waals surface area contributed by atoms with Gasteiger partial charge in [-0.15, -0.1) is 37.1 Å². The van der Waals surface area contributed by atoms with Gasteiger partial charge in [-0.25, -0.2) is 0 Å². The summed E-state index contributed by atoms with van der Waals surface area (Å²) in [7, 11) is 0. The van der Waals surface area contributed by atoms with Crippen molar-refractivity contribution in [3.05, 3.63) is 25.3 Å². The normalized spacial score (nSPS) is 17.5. The summed E-state index contributed by atoms with van der Waals surface area (Å²) in [6.45, 7) is 24.7. The van der Waals surface area contributed by atoms with Crippen molar-refractivity contribution in [3.63, 3.8) is 0 Å². The van der Waals surface area contributed by atoms with E-state index in [2.05, 4.69) is 68.2 Å². The molecule has 0 aliphatic carbocycles. The maximum absolute atomic E-state index is 4.94. The van der Waals surface area contributed by atoms with Crippen LogP contribution in [0.25, 0.3) is 0 Å². The lowest BCUT2D eigenvalue weighted by molar-refractivity contribution is 0.167. The van der Waals surface area contributed by atoms with Gasteiger partial charge in [-0.2, -0.15) is 0 Å². The predicted molar refractivity (Wildman–Crippen MR) is 135 cm³/mol. The Hall–Kier alpha value is -0.600. The van der Waals surface area contributed by atoms with Gasteiger partial charge in [-0.05, 0) is 39.5 Å². The zero-order chi connectivity index (χ0) is 20.2. The third kappa shape index (κ3) is 9.74. The first-order chi connectivity index (χ1) is 12.9. The number of halogens is 1. The third-order valence-electron chi connectivity index (χ3n) is 5.35.